The Balaban J connectivity index is 1.38. The maximum absolute atomic E-state index is 12.8. The number of methoxy groups -OCH3 is 1. The van der Waals surface area contributed by atoms with Crippen LogP contribution < -0.4 is 10.1 Å². The average Bonchev–Trinajstić information content (AvgIpc) is 2.79. The van der Waals surface area contributed by atoms with Crippen molar-refractivity contribution in [3.8, 4) is 5.75 Å². The Labute approximate surface area is 180 Å². The van der Waals surface area contributed by atoms with Gasteiger partial charge in [0.15, 0.2) is 0 Å². The number of piperidine rings is 1. The first-order valence-electron chi connectivity index (χ1n) is 10.4. The fourth-order valence-corrected chi connectivity index (χ4v) is 4.17. The maximum atomic E-state index is 12.8. The minimum Gasteiger partial charge on any atom is -0.495 e. The highest BCUT2D eigenvalue weighted by Gasteiger charge is 2.26. The maximum Gasteiger partial charge on any atom is 0.271 e. The number of fused-ring (bicyclic) bond motifs is 1. The Kier molecular flexibility index (Phi) is 6.13. The number of carbonyl (C=O) groups is 1. The molecule has 7 heteroatoms. The zero-order valence-corrected chi connectivity index (χ0v) is 17.4. The van der Waals surface area contributed by atoms with Gasteiger partial charge in [-0.25, -0.2) is 0 Å². The molecular weight excluding hydrogens is 394 g/mol. The van der Waals surface area contributed by atoms with Crippen LogP contribution in [0.5, 0.6) is 5.75 Å². The lowest BCUT2D eigenvalue weighted by Crippen LogP contribution is -2.37. The molecule has 31 heavy (non-hydrogen) atoms. The van der Waals surface area contributed by atoms with Gasteiger partial charge in [0, 0.05) is 24.6 Å². The first-order chi connectivity index (χ1) is 15.0. The molecule has 1 amide bonds. The van der Waals surface area contributed by atoms with Gasteiger partial charge >= 0.3 is 0 Å². The standard InChI is InChI=1S/C24H25N3O4/c1-31-23-10-9-20(27(29)30)15-22(23)25-24(28)18-11-13-26(14-12-18)16-19-7-4-6-17-5-2-3-8-21(17)19/h2-10,15,18H,11-14,16H2,1H3,(H,25,28). The van der Waals surface area contributed by atoms with E-state index in [9.17, 15) is 14.9 Å². The molecule has 0 atom stereocenters. The van der Waals surface area contributed by atoms with Crippen LogP contribution in [-0.4, -0.2) is 35.9 Å². The van der Waals surface area contributed by atoms with Gasteiger partial charge in [0.05, 0.1) is 17.7 Å². The largest absolute Gasteiger partial charge is 0.495 e. The minimum atomic E-state index is -0.485. The van der Waals surface area contributed by atoms with Crippen LogP contribution in [0.4, 0.5) is 11.4 Å². The zero-order chi connectivity index (χ0) is 21.8. The molecule has 0 bridgehead atoms. The van der Waals surface area contributed by atoms with Gasteiger partial charge in [0.25, 0.3) is 5.69 Å². The predicted octanol–water partition coefficient (Wildman–Crippen LogP) is 4.61. The van der Waals surface area contributed by atoms with E-state index in [0.717, 1.165) is 32.5 Å². The fourth-order valence-electron chi connectivity index (χ4n) is 4.17. The third-order valence-corrected chi connectivity index (χ3v) is 5.88. The second-order valence-corrected chi connectivity index (χ2v) is 7.82. The van der Waals surface area contributed by atoms with Gasteiger partial charge in [0.2, 0.25) is 5.91 Å². The van der Waals surface area contributed by atoms with Crippen molar-refractivity contribution in [2.45, 2.75) is 19.4 Å². The summed E-state index contributed by atoms with van der Waals surface area (Å²) < 4.78 is 5.24. The SMILES string of the molecule is COc1ccc([N+](=O)[O-])cc1NC(=O)C1CCN(Cc2cccc3ccccc23)CC1. The number of nitro groups is 1. The van der Waals surface area contributed by atoms with E-state index in [0.29, 0.717) is 11.4 Å². The number of anilines is 1. The first kappa shape index (κ1) is 20.8. The summed E-state index contributed by atoms with van der Waals surface area (Å²) in [5.74, 6) is 0.156. The fraction of sp³-hybridized carbons (Fsp3) is 0.292. The van der Waals surface area contributed by atoms with E-state index in [-0.39, 0.29) is 17.5 Å². The quantitative estimate of drug-likeness (QED) is 0.466. The van der Waals surface area contributed by atoms with Crippen molar-refractivity contribution in [1.82, 2.24) is 4.90 Å². The van der Waals surface area contributed by atoms with E-state index in [1.54, 1.807) is 0 Å². The molecular formula is C24H25N3O4. The molecule has 1 fully saturated rings. The number of ether oxygens (including phenoxy) is 1. The summed E-state index contributed by atoms with van der Waals surface area (Å²) in [6, 6.07) is 19.0. The normalized spacial score (nSPS) is 15.0. The molecule has 0 saturated carbocycles. The Morgan fingerprint density at radius 3 is 2.61 bits per heavy atom. The van der Waals surface area contributed by atoms with E-state index in [1.165, 1.54) is 41.6 Å². The summed E-state index contributed by atoms with van der Waals surface area (Å²) in [5.41, 5.74) is 1.54. The molecule has 0 radical (unpaired) electrons. The summed E-state index contributed by atoms with van der Waals surface area (Å²) in [6.07, 6.45) is 1.49. The van der Waals surface area contributed by atoms with E-state index in [2.05, 4.69) is 46.6 Å². The number of non-ortho nitro benzene ring substituents is 1. The van der Waals surface area contributed by atoms with Crippen LogP contribution in [-0.2, 0) is 11.3 Å². The van der Waals surface area contributed by atoms with Crippen molar-refractivity contribution in [3.63, 3.8) is 0 Å². The third-order valence-electron chi connectivity index (χ3n) is 5.88. The van der Waals surface area contributed by atoms with Gasteiger partial charge < -0.3 is 10.1 Å². The summed E-state index contributed by atoms with van der Waals surface area (Å²) in [4.78, 5) is 25.7. The van der Waals surface area contributed by atoms with Crippen LogP contribution >= 0.6 is 0 Å². The second kappa shape index (κ2) is 9.14. The number of carbonyl (C=O) groups excluding carboxylic acids is 1. The van der Waals surface area contributed by atoms with E-state index in [4.69, 9.17) is 4.74 Å². The summed E-state index contributed by atoms with van der Waals surface area (Å²) in [6.45, 7) is 2.51. The van der Waals surface area contributed by atoms with Crippen LogP contribution in [0.3, 0.4) is 0 Å². The molecule has 1 aliphatic rings. The minimum absolute atomic E-state index is 0.0824. The van der Waals surface area contributed by atoms with Gasteiger partial charge in [-0.2, -0.15) is 0 Å². The average molecular weight is 419 g/mol. The smallest absolute Gasteiger partial charge is 0.271 e. The van der Waals surface area contributed by atoms with E-state index >= 15 is 0 Å². The van der Waals surface area contributed by atoms with Crippen molar-refractivity contribution in [3.05, 3.63) is 76.3 Å². The van der Waals surface area contributed by atoms with Gasteiger partial charge in [-0.1, -0.05) is 42.5 Å². The number of hydrogen-bond donors (Lipinski definition) is 1. The van der Waals surface area contributed by atoms with Crippen molar-refractivity contribution in [2.75, 3.05) is 25.5 Å². The molecule has 0 aromatic heterocycles. The second-order valence-electron chi connectivity index (χ2n) is 7.82. The topological polar surface area (TPSA) is 84.7 Å². The Bertz CT molecular complexity index is 1100. The highest BCUT2D eigenvalue weighted by atomic mass is 16.6. The molecule has 1 N–H and O–H groups in total. The van der Waals surface area contributed by atoms with E-state index < -0.39 is 4.92 Å². The molecule has 0 aliphatic carbocycles. The lowest BCUT2D eigenvalue weighted by atomic mass is 9.95. The van der Waals surface area contributed by atoms with Gasteiger partial charge in [-0.3, -0.25) is 19.8 Å². The Hall–Kier alpha value is -3.45. The van der Waals surface area contributed by atoms with Crippen LogP contribution in [0.1, 0.15) is 18.4 Å². The molecule has 1 heterocycles. The molecule has 1 aliphatic heterocycles. The number of amides is 1. The predicted molar refractivity (Wildman–Crippen MR) is 120 cm³/mol. The van der Waals surface area contributed by atoms with Crippen LogP contribution in [0.2, 0.25) is 0 Å². The molecule has 3 aromatic rings. The van der Waals surface area contributed by atoms with Gasteiger partial charge in [-0.05, 0) is 48.3 Å². The van der Waals surface area contributed by atoms with Crippen LogP contribution in [0, 0.1) is 16.0 Å². The lowest BCUT2D eigenvalue weighted by Gasteiger charge is -2.31. The summed E-state index contributed by atoms with van der Waals surface area (Å²) >= 11 is 0. The van der Waals surface area contributed by atoms with Crippen molar-refractivity contribution < 1.29 is 14.5 Å². The number of nitrogens with zero attached hydrogens (tertiary/aromatic N) is 2. The number of benzene rings is 3. The molecule has 7 nitrogen and oxygen atoms in total. The third kappa shape index (κ3) is 4.67. The van der Waals surface area contributed by atoms with Crippen molar-refractivity contribution >= 4 is 28.1 Å². The van der Waals surface area contributed by atoms with Crippen LogP contribution in [0.15, 0.2) is 60.7 Å². The molecule has 0 spiro atoms. The zero-order valence-electron chi connectivity index (χ0n) is 17.4. The molecule has 0 unspecified atom stereocenters. The monoisotopic (exact) mass is 419 g/mol. The first-order valence-corrected chi connectivity index (χ1v) is 10.4. The molecule has 4 rings (SSSR count). The molecule has 160 valence electrons. The van der Waals surface area contributed by atoms with Crippen LogP contribution in [0.25, 0.3) is 10.8 Å². The summed E-state index contributed by atoms with van der Waals surface area (Å²) in [5, 5.41) is 16.4. The number of nitro benzene ring substituents is 1. The number of hydrogen-bond acceptors (Lipinski definition) is 5. The van der Waals surface area contributed by atoms with Crippen molar-refractivity contribution in [2.24, 2.45) is 5.92 Å². The summed E-state index contributed by atoms with van der Waals surface area (Å²) in [7, 11) is 1.47. The number of nitrogens with one attached hydrogen (secondary N) is 1. The number of likely N-dealkylation sites (tertiary alicyclic amines) is 1. The highest BCUT2D eigenvalue weighted by molar-refractivity contribution is 5.94. The Morgan fingerprint density at radius 2 is 1.87 bits per heavy atom. The van der Waals surface area contributed by atoms with Gasteiger partial charge in [-0.15, -0.1) is 0 Å². The molecule has 3 aromatic carbocycles. The lowest BCUT2D eigenvalue weighted by molar-refractivity contribution is -0.384. The van der Waals surface area contributed by atoms with Gasteiger partial charge in [0.1, 0.15) is 5.75 Å². The number of rotatable bonds is 6. The van der Waals surface area contributed by atoms with Crippen molar-refractivity contribution in [1.29, 1.82) is 0 Å². The van der Waals surface area contributed by atoms with E-state index in [1.807, 2.05) is 6.07 Å². The Morgan fingerprint density at radius 1 is 1.13 bits per heavy atom. The highest BCUT2D eigenvalue weighted by Crippen LogP contribution is 2.30. The molecule has 1 saturated heterocycles.